The Kier molecular flexibility index (Phi) is 5.06. The van der Waals surface area contributed by atoms with Gasteiger partial charge in [-0.25, -0.2) is 0 Å². The first-order valence-corrected chi connectivity index (χ1v) is 17.5. The predicted molar refractivity (Wildman–Crippen MR) is 212 cm³/mol. The molecule has 0 radical (unpaired) electrons. The Balaban J connectivity index is 1.30. The first kappa shape index (κ1) is 26.5. The Labute approximate surface area is 289 Å². The van der Waals surface area contributed by atoms with E-state index in [4.69, 9.17) is 0 Å². The second-order valence-corrected chi connectivity index (χ2v) is 13.9. The van der Waals surface area contributed by atoms with E-state index in [0.29, 0.717) is 0 Å². The SMILES string of the molecule is c1ccc2c(c1)-c1cccc3c(C4=C5C(=C(c6cccc7ccccc67)c6ccc7ccccc7c65)c5c4ccc4ccccc54)ccc-2c13. The zero-order valence-corrected chi connectivity index (χ0v) is 27.2. The molecule has 0 bridgehead atoms. The van der Waals surface area contributed by atoms with Crippen molar-refractivity contribution in [3.63, 3.8) is 0 Å². The van der Waals surface area contributed by atoms with Crippen LogP contribution in [0.25, 0.3) is 87.6 Å². The van der Waals surface area contributed by atoms with Gasteiger partial charge < -0.3 is 0 Å². The molecule has 9 aromatic rings. The van der Waals surface area contributed by atoms with Crippen LogP contribution in [0.5, 0.6) is 0 Å². The van der Waals surface area contributed by atoms with E-state index in [9.17, 15) is 0 Å². The molecule has 0 heterocycles. The molecule has 0 nitrogen and oxygen atoms in total. The predicted octanol–water partition coefficient (Wildman–Crippen LogP) is 13.2. The Morgan fingerprint density at radius 1 is 0.200 bits per heavy atom. The van der Waals surface area contributed by atoms with Crippen LogP contribution in [0, 0.1) is 0 Å². The molecular weight excluding hydrogens is 601 g/mol. The first-order valence-electron chi connectivity index (χ1n) is 17.5. The summed E-state index contributed by atoms with van der Waals surface area (Å²) in [5.41, 5.74) is 18.7. The highest BCUT2D eigenvalue weighted by Gasteiger charge is 2.40. The maximum absolute atomic E-state index is 2.41. The van der Waals surface area contributed by atoms with E-state index in [0.717, 1.165) is 0 Å². The number of benzene rings is 9. The van der Waals surface area contributed by atoms with Gasteiger partial charge in [-0.05, 0) is 121 Å². The molecule has 9 aromatic carbocycles. The number of rotatable bonds is 2. The molecule has 3 aliphatic carbocycles. The standard InChI is InChI=1S/C50H28/c1-4-15-32-29(11-1)14-9-20-37(32)47-42-25-23-30-12-2-5-16-33(30)45(42)50-48(43-26-24-31-13-3-6-17-34(31)46(43)49(47)50)41-28-27-40-36-19-8-7-18-35(36)38-21-10-22-39(41)44(38)40/h1-28H. The van der Waals surface area contributed by atoms with Crippen molar-refractivity contribution in [2.45, 2.75) is 0 Å². The minimum Gasteiger partial charge on any atom is -0.0616 e. The van der Waals surface area contributed by atoms with Crippen molar-refractivity contribution in [2.75, 3.05) is 0 Å². The van der Waals surface area contributed by atoms with Crippen molar-refractivity contribution in [1.82, 2.24) is 0 Å². The molecule has 0 unspecified atom stereocenters. The summed E-state index contributed by atoms with van der Waals surface area (Å²) in [7, 11) is 0. The van der Waals surface area contributed by atoms with Gasteiger partial charge in [-0.15, -0.1) is 0 Å². The molecule has 228 valence electrons. The minimum atomic E-state index is 1.27. The molecule has 0 aliphatic heterocycles. The van der Waals surface area contributed by atoms with Crippen LogP contribution in [0.2, 0.25) is 0 Å². The fraction of sp³-hybridized carbons (Fsp3) is 0. The first-order chi connectivity index (χ1) is 24.8. The second kappa shape index (κ2) is 9.56. The molecule has 0 amide bonds. The van der Waals surface area contributed by atoms with Gasteiger partial charge >= 0.3 is 0 Å². The maximum atomic E-state index is 2.41. The van der Waals surface area contributed by atoms with E-state index in [2.05, 4.69) is 170 Å². The average Bonchev–Trinajstić information content (AvgIpc) is 3.81. The lowest BCUT2D eigenvalue weighted by atomic mass is 9.86. The lowest BCUT2D eigenvalue weighted by molar-refractivity contribution is 1.58. The quantitative estimate of drug-likeness (QED) is 0.179. The summed E-state index contributed by atoms with van der Waals surface area (Å²) in [5, 5.41) is 10.4. The fourth-order valence-electron chi connectivity index (χ4n) is 9.55. The Hall–Kier alpha value is -6.50. The monoisotopic (exact) mass is 628 g/mol. The second-order valence-electron chi connectivity index (χ2n) is 13.9. The normalized spacial score (nSPS) is 13.8. The van der Waals surface area contributed by atoms with Crippen LogP contribution in [-0.4, -0.2) is 0 Å². The Morgan fingerprint density at radius 2 is 0.580 bits per heavy atom. The van der Waals surface area contributed by atoms with Crippen molar-refractivity contribution in [3.05, 3.63) is 203 Å². The van der Waals surface area contributed by atoms with E-state index in [1.807, 2.05) is 0 Å². The zero-order valence-electron chi connectivity index (χ0n) is 27.2. The molecule has 0 atom stereocenters. The summed E-state index contributed by atoms with van der Waals surface area (Å²) in [5.74, 6) is 0. The van der Waals surface area contributed by atoms with E-state index in [1.54, 1.807) is 0 Å². The summed E-state index contributed by atoms with van der Waals surface area (Å²) >= 11 is 0. The third-order valence-electron chi connectivity index (χ3n) is 11.5. The molecular formula is C50H28. The van der Waals surface area contributed by atoms with E-state index in [-0.39, 0.29) is 0 Å². The Morgan fingerprint density at radius 3 is 1.22 bits per heavy atom. The van der Waals surface area contributed by atoms with Crippen molar-refractivity contribution < 1.29 is 0 Å². The highest BCUT2D eigenvalue weighted by molar-refractivity contribution is 6.41. The smallest absolute Gasteiger partial charge is 0.0000933 e. The molecule has 0 aromatic heterocycles. The van der Waals surface area contributed by atoms with Gasteiger partial charge in [0.15, 0.2) is 0 Å². The van der Waals surface area contributed by atoms with Gasteiger partial charge in [0.1, 0.15) is 0 Å². The summed E-state index contributed by atoms with van der Waals surface area (Å²) in [6.07, 6.45) is 0. The lowest BCUT2D eigenvalue weighted by Gasteiger charge is -2.17. The van der Waals surface area contributed by atoms with Crippen LogP contribution < -0.4 is 0 Å². The van der Waals surface area contributed by atoms with Gasteiger partial charge in [-0.1, -0.05) is 170 Å². The van der Waals surface area contributed by atoms with Crippen molar-refractivity contribution >= 4 is 65.4 Å². The maximum Gasteiger partial charge on any atom is -0.0000933 e. The van der Waals surface area contributed by atoms with Gasteiger partial charge in [-0.3, -0.25) is 0 Å². The van der Waals surface area contributed by atoms with Gasteiger partial charge in [0.05, 0.1) is 0 Å². The van der Waals surface area contributed by atoms with Gasteiger partial charge in [0, 0.05) is 0 Å². The van der Waals surface area contributed by atoms with Crippen LogP contribution in [-0.2, 0) is 0 Å². The van der Waals surface area contributed by atoms with Crippen LogP contribution in [0.4, 0.5) is 0 Å². The van der Waals surface area contributed by atoms with Crippen LogP contribution in [0.15, 0.2) is 170 Å². The third-order valence-corrected chi connectivity index (χ3v) is 11.5. The van der Waals surface area contributed by atoms with Gasteiger partial charge in [-0.2, -0.15) is 0 Å². The van der Waals surface area contributed by atoms with E-state index < -0.39 is 0 Å². The number of hydrogen-bond acceptors (Lipinski definition) is 0. The summed E-state index contributed by atoms with van der Waals surface area (Å²) in [6.45, 7) is 0. The van der Waals surface area contributed by atoms with E-state index in [1.165, 1.54) is 121 Å². The molecule has 0 saturated heterocycles. The summed E-state index contributed by atoms with van der Waals surface area (Å²) in [4.78, 5) is 0. The van der Waals surface area contributed by atoms with Gasteiger partial charge in [0.2, 0.25) is 0 Å². The molecule has 0 N–H and O–H groups in total. The Bertz CT molecular complexity index is 3040. The average molecular weight is 629 g/mol. The van der Waals surface area contributed by atoms with Crippen molar-refractivity contribution in [1.29, 1.82) is 0 Å². The zero-order chi connectivity index (χ0) is 32.5. The third kappa shape index (κ3) is 3.26. The molecule has 0 heteroatoms. The summed E-state index contributed by atoms with van der Waals surface area (Å²) < 4.78 is 0. The van der Waals surface area contributed by atoms with Crippen molar-refractivity contribution in [3.8, 4) is 22.3 Å². The molecule has 12 rings (SSSR count). The highest BCUT2D eigenvalue weighted by atomic mass is 14.4. The number of allylic oxidation sites excluding steroid dienone is 2. The number of hydrogen-bond donors (Lipinski definition) is 0. The molecule has 50 heavy (non-hydrogen) atoms. The molecule has 3 aliphatic rings. The number of fused-ring (bicyclic) bond motifs is 13. The molecule has 0 fully saturated rings. The largest absolute Gasteiger partial charge is 0.0616 e. The van der Waals surface area contributed by atoms with E-state index >= 15 is 0 Å². The van der Waals surface area contributed by atoms with Gasteiger partial charge in [0.25, 0.3) is 0 Å². The van der Waals surface area contributed by atoms with Crippen LogP contribution in [0.3, 0.4) is 0 Å². The fourth-order valence-corrected chi connectivity index (χ4v) is 9.55. The minimum absolute atomic E-state index is 1.27. The van der Waals surface area contributed by atoms with Crippen LogP contribution >= 0.6 is 0 Å². The highest BCUT2D eigenvalue weighted by Crippen LogP contribution is 2.62. The summed E-state index contributed by atoms with van der Waals surface area (Å²) in [6, 6.07) is 63.6. The molecule has 0 saturated carbocycles. The van der Waals surface area contributed by atoms with Crippen LogP contribution in [0.1, 0.15) is 33.4 Å². The molecule has 0 spiro atoms. The lowest BCUT2D eigenvalue weighted by Crippen LogP contribution is -1.95. The van der Waals surface area contributed by atoms with Crippen molar-refractivity contribution in [2.24, 2.45) is 0 Å². The topological polar surface area (TPSA) is 0 Å².